The minimum atomic E-state index is 0.332. The first kappa shape index (κ1) is 13.6. The lowest BCUT2D eigenvalue weighted by molar-refractivity contribution is 0.658. The Labute approximate surface area is 121 Å². The van der Waals surface area contributed by atoms with Crippen LogP contribution < -0.4 is 0 Å². The third kappa shape index (κ3) is 3.36. The van der Waals surface area contributed by atoms with Gasteiger partial charge in [-0.3, -0.25) is 4.68 Å². The molecule has 0 spiro atoms. The Kier molecular flexibility index (Phi) is 4.84. The molecule has 2 nitrogen and oxygen atoms in total. The molecule has 0 bridgehead atoms. The summed E-state index contributed by atoms with van der Waals surface area (Å²) >= 11 is 9.60. The maximum Gasteiger partial charge on any atom is 0.0521 e. The highest BCUT2D eigenvalue weighted by Crippen LogP contribution is 2.24. The maximum absolute atomic E-state index is 6.10. The number of hydrogen-bond donors (Lipinski definition) is 0. The largest absolute Gasteiger partial charge is 0.273 e. The summed E-state index contributed by atoms with van der Waals surface area (Å²) in [5.74, 6) is 0.951. The number of alkyl halides is 1. The normalized spacial score (nSPS) is 12.6. The van der Waals surface area contributed by atoms with E-state index < -0.39 is 0 Å². The summed E-state index contributed by atoms with van der Waals surface area (Å²) in [4.78, 5) is 0. The first-order valence-corrected chi connectivity index (χ1v) is 7.38. The van der Waals surface area contributed by atoms with Crippen LogP contribution in [0.5, 0.6) is 0 Å². The van der Waals surface area contributed by atoms with Crippen LogP contribution in [-0.4, -0.2) is 15.7 Å². The zero-order valence-electron chi connectivity index (χ0n) is 10.3. The molecule has 1 atom stereocenters. The predicted molar refractivity (Wildman–Crippen MR) is 79.2 cm³/mol. The number of benzene rings is 1. The summed E-state index contributed by atoms with van der Waals surface area (Å²) in [5, 5.41) is 4.30. The molecule has 0 N–H and O–H groups in total. The summed E-state index contributed by atoms with van der Waals surface area (Å²) in [7, 11) is 0. The Hall–Kier alpha value is -0.800. The van der Waals surface area contributed by atoms with E-state index in [2.05, 4.69) is 52.3 Å². The van der Waals surface area contributed by atoms with Crippen molar-refractivity contribution in [3.8, 4) is 0 Å². The number of hydrogen-bond acceptors (Lipinski definition) is 1. The highest BCUT2D eigenvalue weighted by molar-refractivity contribution is 9.10. The van der Waals surface area contributed by atoms with Crippen molar-refractivity contribution >= 4 is 27.5 Å². The molecule has 0 aliphatic carbocycles. The second kappa shape index (κ2) is 6.39. The van der Waals surface area contributed by atoms with Crippen LogP contribution in [0.4, 0.5) is 0 Å². The Balaban J connectivity index is 2.14. The second-order valence-electron chi connectivity index (χ2n) is 4.31. The molecule has 96 valence electrons. The molecule has 0 radical (unpaired) electrons. The van der Waals surface area contributed by atoms with Gasteiger partial charge in [0, 0.05) is 29.0 Å². The van der Waals surface area contributed by atoms with Crippen molar-refractivity contribution in [3.63, 3.8) is 0 Å². The Bertz CT molecular complexity index is 510. The van der Waals surface area contributed by atoms with E-state index in [1.54, 1.807) is 0 Å². The summed E-state index contributed by atoms with van der Waals surface area (Å²) in [6.45, 7) is 2.99. The summed E-state index contributed by atoms with van der Waals surface area (Å²) in [5.41, 5.74) is 2.51. The van der Waals surface area contributed by atoms with Gasteiger partial charge in [-0.05, 0) is 36.6 Å². The van der Waals surface area contributed by atoms with Gasteiger partial charge in [0.1, 0.15) is 0 Å². The van der Waals surface area contributed by atoms with Gasteiger partial charge in [-0.15, -0.1) is 11.6 Å². The Morgan fingerprint density at radius 3 is 2.89 bits per heavy atom. The summed E-state index contributed by atoms with van der Waals surface area (Å²) in [6.07, 6.45) is 4.96. The van der Waals surface area contributed by atoms with Gasteiger partial charge in [0.2, 0.25) is 0 Å². The molecular weight excluding hydrogens is 312 g/mol. The average Bonchev–Trinajstić information content (AvgIpc) is 2.83. The number of aryl methyl sites for hydroxylation is 1. The van der Waals surface area contributed by atoms with Gasteiger partial charge < -0.3 is 0 Å². The van der Waals surface area contributed by atoms with Crippen molar-refractivity contribution in [2.24, 2.45) is 0 Å². The summed E-state index contributed by atoms with van der Waals surface area (Å²) in [6, 6.07) is 8.34. The molecular formula is C14H16BrClN2. The first-order valence-electron chi connectivity index (χ1n) is 6.05. The molecule has 0 saturated carbocycles. The van der Waals surface area contributed by atoms with E-state index in [1.165, 1.54) is 11.1 Å². The lowest BCUT2D eigenvalue weighted by Gasteiger charge is -2.13. The van der Waals surface area contributed by atoms with Crippen LogP contribution in [-0.2, 0) is 13.0 Å². The molecule has 0 saturated heterocycles. The van der Waals surface area contributed by atoms with Crippen LogP contribution in [0.1, 0.15) is 24.0 Å². The quantitative estimate of drug-likeness (QED) is 0.751. The van der Waals surface area contributed by atoms with Crippen LogP contribution in [0.25, 0.3) is 0 Å². The monoisotopic (exact) mass is 326 g/mol. The summed E-state index contributed by atoms with van der Waals surface area (Å²) < 4.78 is 3.04. The number of nitrogens with zero attached hydrogens (tertiary/aromatic N) is 2. The zero-order chi connectivity index (χ0) is 13.0. The molecule has 0 fully saturated rings. The minimum Gasteiger partial charge on any atom is -0.273 e. The van der Waals surface area contributed by atoms with Gasteiger partial charge in [-0.2, -0.15) is 5.10 Å². The minimum absolute atomic E-state index is 0.332. The van der Waals surface area contributed by atoms with Crippen LogP contribution in [0, 0.1) is 0 Å². The molecule has 18 heavy (non-hydrogen) atoms. The van der Waals surface area contributed by atoms with Crippen LogP contribution in [0.2, 0.25) is 0 Å². The van der Waals surface area contributed by atoms with Gasteiger partial charge in [0.25, 0.3) is 0 Å². The zero-order valence-corrected chi connectivity index (χ0v) is 12.7. The third-order valence-electron chi connectivity index (χ3n) is 3.00. The first-order chi connectivity index (χ1) is 8.72. The van der Waals surface area contributed by atoms with E-state index in [9.17, 15) is 0 Å². The Morgan fingerprint density at radius 2 is 2.28 bits per heavy atom. The maximum atomic E-state index is 6.10. The number of rotatable bonds is 5. The smallest absolute Gasteiger partial charge is 0.0521 e. The van der Waals surface area contributed by atoms with Gasteiger partial charge in [-0.25, -0.2) is 0 Å². The van der Waals surface area contributed by atoms with Crippen molar-refractivity contribution in [3.05, 3.63) is 52.3 Å². The fourth-order valence-electron chi connectivity index (χ4n) is 1.99. The molecule has 1 heterocycles. The standard InChI is InChI=1S/C14H16BrClN2/c1-2-18-10-11(9-17-18)6-13(8-16)12-4-3-5-14(15)7-12/h3-5,7,9-10,13H,2,6,8H2,1H3. The van der Waals surface area contributed by atoms with E-state index in [-0.39, 0.29) is 0 Å². The van der Waals surface area contributed by atoms with Gasteiger partial charge >= 0.3 is 0 Å². The van der Waals surface area contributed by atoms with Gasteiger partial charge in [0.15, 0.2) is 0 Å². The van der Waals surface area contributed by atoms with Crippen molar-refractivity contribution < 1.29 is 0 Å². The van der Waals surface area contributed by atoms with E-state index in [1.807, 2.05) is 16.9 Å². The van der Waals surface area contributed by atoms with Crippen molar-refractivity contribution in [1.82, 2.24) is 9.78 Å². The van der Waals surface area contributed by atoms with Crippen LogP contribution >= 0.6 is 27.5 Å². The molecule has 2 aromatic rings. The van der Waals surface area contributed by atoms with Gasteiger partial charge in [0.05, 0.1) is 6.20 Å². The lowest BCUT2D eigenvalue weighted by atomic mass is 9.95. The SMILES string of the molecule is CCn1cc(CC(CCl)c2cccc(Br)c2)cn1. The topological polar surface area (TPSA) is 17.8 Å². The molecule has 1 aromatic carbocycles. The van der Waals surface area contributed by atoms with Crippen molar-refractivity contribution in [2.75, 3.05) is 5.88 Å². The number of halogens is 2. The van der Waals surface area contributed by atoms with E-state index >= 15 is 0 Å². The van der Waals surface area contributed by atoms with Crippen molar-refractivity contribution in [2.45, 2.75) is 25.8 Å². The molecule has 1 unspecified atom stereocenters. The average molecular weight is 328 g/mol. The molecule has 0 aliphatic rings. The number of aromatic nitrogens is 2. The van der Waals surface area contributed by atoms with Crippen LogP contribution in [0.15, 0.2) is 41.1 Å². The van der Waals surface area contributed by atoms with E-state index in [0.29, 0.717) is 11.8 Å². The van der Waals surface area contributed by atoms with E-state index in [0.717, 1.165) is 17.4 Å². The predicted octanol–water partition coefficient (Wildman–Crippen LogP) is 4.23. The highest BCUT2D eigenvalue weighted by atomic mass is 79.9. The molecule has 1 aromatic heterocycles. The Morgan fingerprint density at radius 1 is 1.44 bits per heavy atom. The fourth-order valence-corrected chi connectivity index (χ4v) is 2.70. The lowest BCUT2D eigenvalue weighted by Crippen LogP contribution is -2.04. The van der Waals surface area contributed by atoms with Crippen molar-refractivity contribution in [1.29, 1.82) is 0 Å². The molecule has 2 rings (SSSR count). The molecule has 0 amide bonds. The molecule has 4 heteroatoms. The highest BCUT2D eigenvalue weighted by Gasteiger charge is 2.12. The van der Waals surface area contributed by atoms with E-state index in [4.69, 9.17) is 11.6 Å². The third-order valence-corrected chi connectivity index (χ3v) is 3.86. The van der Waals surface area contributed by atoms with Crippen LogP contribution in [0.3, 0.4) is 0 Å². The second-order valence-corrected chi connectivity index (χ2v) is 5.54. The molecule has 0 aliphatic heterocycles. The van der Waals surface area contributed by atoms with Gasteiger partial charge in [-0.1, -0.05) is 28.1 Å². The fraction of sp³-hybridized carbons (Fsp3) is 0.357.